The molecule has 4 atom stereocenters. The van der Waals surface area contributed by atoms with E-state index in [9.17, 15) is 9.90 Å². The molecule has 2 aliphatic rings. The van der Waals surface area contributed by atoms with Gasteiger partial charge in [-0.3, -0.25) is 0 Å². The number of carbonyl (C=O) groups is 1. The van der Waals surface area contributed by atoms with Crippen LogP contribution in [-0.4, -0.2) is 34.5 Å². The van der Waals surface area contributed by atoms with Gasteiger partial charge in [0.25, 0.3) is 0 Å². The van der Waals surface area contributed by atoms with Gasteiger partial charge < -0.3 is 14.6 Å². The van der Waals surface area contributed by atoms with Crippen LogP contribution in [0.25, 0.3) is 0 Å². The molecule has 1 saturated heterocycles. The number of aliphatic hydroxyl groups is 1. The van der Waals surface area contributed by atoms with Gasteiger partial charge in [0.15, 0.2) is 0 Å². The highest BCUT2D eigenvalue weighted by Gasteiger charge is 2.60. The van der Waals surface area contributed by atoms with Crippen LogP contribution >= 0.6 is 0 Å². The first-order valence-corrected chi connectivity index (χ1v) is 8.98. The largest absolute Gasteiger partial charge is 0.456 e. The number of hydrogen-bond donors (Lipinski definition) is 1. The molecule has 0 spiro atoms. The molecule has 0 aromatic heterocycles. The summed E-state index contributed by atoms with van der Waals surface area (Å²) in [4.78, 5) is 12.4. The number of fused-ring (bicyclic) bond motifs is 1. The molecular formula is C20H32O4. The maximum absolute atomic E-state index is 12.4. The zero-order valence-electron chi connectivity index (χ0n) is 15.9. The van der Waals surface area contributed by atoms with Gasteiger partial charge in [0.2, 0.25) is 0 Å². The monoisotopic (exact) mass is 336 g/mol. The topological polar surface area (TPSA) is 59.1 Å². The van der Waals surface area contributed by atoms with E-state index in [-0.39, 0.29) is 23.6 Å². The lowest BCUT2D eigenvalue weighted by Gasteiger charge is -2.36. The molecule has 4 nitrogen and oxygen atoms in total. The van der Waals surface area contributed by atoms with E-state index in [2.05, 4.69) is 19.9 Å². The van der Waals surface area contributed by atoms with Crippen molar-refractivity contribution < 1.29 is 19.4 Å². The zero-order valence-corrected chi connectivity index (χ0v) is 15.9. The van der Waals surface area contributed by atoms with Crippen molar-refractivity contribution in [3.05, 3.63) is 23.3 Å². The van der Waals surface area contributed by atoms with Crippen LogP contribution in [0.4, 0.5) is 0 Å². The summed E-state index contributed by atoms with van der Waals surface area (Å²) < 4.78 is 11.8. The number of esters is 1. The minimum absolute atomic E-state index is 0.144. The summed E-state index contributed by atoms with van der Waals surface area (Å²) in [6, 6.07) is 0. The number of carbonyl (C=O) groups excluding carboxylic acids is 1. The summed E-state index contributed by atoms with van der Waals surface area (Å²) in [7, 11) is 0. The van der Waals surface area contributed by atoms with Crippen molar-refractivity contribution in [2.24, 2.45) is 5.92 Å². The van der Waals surface area contributed by atoms with Crippen LogP contribution in [0.15, 0.2) is 23.3 Å². The summed E-state index contributed by atoms with van der Waals surface area (Å²) in [6.45, 7) is 11.4. The lowest BCUT2D eigenvalue weighted by molar-refractivity contribution is -0.155. The van der Waals surface area contributed by atoms with E-state index in [1.165, 1.54) is 5.57 Å². The maximum atomic E-state index is 12.4. The van der Waals surface area contributed by atoms with Crippen LogP contribution in [0.1, 0.15) is 67.2 Å². The molecule has 0 unspecified atom stereocenters. The second-order valence-corrected chi connectivity index (χ2v) is 8.08. The smallest absolute Gasteiger partial charge is 0.333 e. The van der Waals surface area contributed by atoms with Gasteiger partial charge in [-0.25, -0.2) is 4.79 Å². The van der Waals surface area contributed by atoms with E-state index in [1.54, 1.807) is 26.8 Å². The molecular weight excluding hydrogens is 304 g/mol. The Hall–Kier alpha value is -1.13. The van der Waals surface area contributed by atoms with E-state index >= 15 is 0 Å². The summed E-state index contributed by atoms with van der Waals surface area (Å²) in [5, 5.41) is 10.7. The van der Waals surface area contributed by atoms with Crippen molar-refractivity contribution in [1.29, 1.82) is 0 Å². The average molecular weight is 336 g/mol. The molecule has 4 heteroatoms. The summed E-state index contributed by atoms with van der Waals surface area (Å²) in [5.74, 6) is -0.488. The van der Waals surface area contributed by atoms with E-state index in [0.29, 0.717) is 5.57 Å². The highest BCUT2D eigenvalue weighted by Crippen LogP contribution is 2.48. The Labute approximate surface area is 145 Å². The summed E-state index contributed by atoms with van der Waals surface area (Å²) in [5.41, 5.74) is 0.690. The molecule has 24 heavy (non-hydrogen) atoms. The second-order valence-electron chi connectivity index (χ2n) is 8.08. The predicted molar refractivity (Wildman–Crippen MR) is 94.6 cm³/mol. The Kier molecular flexibility index (Phi) is 5.61. The van der Waals surface area contributed by atoms with Crippen molar-refractivity contribution in [2.45, 2.75) is 90.6 Å². The van der Waals surface area contributed by atoms with Crippen molar-refractivity contribution >= 4 is 5.97 Å². The lowest BCUT2D eigenvalue weighted by atomic mass is 9.77. The standard InChI is InChI=1S/C20H32O4/c1-7-14(3)18(21)23-16-15(19(4,5)22)11-10-13(2)9-8-12-20(6)17(16)24-20/h7,9,15-17,22H,8,10-12H2,1-6H3/b13-9+,14-7-/t15-,16-,17+,20-/m1/s1. The second kappa shape index (κ2) is 7.01. The number of epoxide rings is 1. The van der Waals surface area contributed by atoms with Crippen LogP contribution in [0, 0.1) is 5.92 Å². The van der Waals surface area contributed by atoms with Gasteiger partial charge >= 0.3 is 5.97 Å². The molecule has 0 bridgehead atoms. The fourth-order valence-electron chi connectivity index (χ4n) is 3.57. The van der Waals surface area contributed by atoms with E-state index < -0.39 is 11.7 Å². The highest BCUT2D eigenvalue weighted by molar-refractivity contribution is 5.87. The van der Waals surface area contributed by atoms with Gasteiger partial charge in [-0.1, -0.05) is 17.7 Å². The molecule has 1 aliphatic heterocycles. The third kappa shape index (κ3) is 4.28. The average Bonchev–Trinajstić information content (AvgIpc) is 3.15. The van der Waals surface area contributed by atoms with Gasteiger partial charge in [-0.05, 0) is 67.2 Å². The van der Waals surface area contributed by atoms with E-state index in [4.69, 9.17) is 9.47 Å². The van der Waals surface area contributed by atoms with Crippen molar-refractivity contribution in [1.82, 2.24) is 0 Å². The SMILES string of the molecule is C/C=C(/C)C(=O)O[C@@H]1[C@H](C(C)(C)O)CC/C(C)=C/CC[C@@]2(C)O[C@@H]12. The molecule has 0 aromatic rings. The van der Waals surface area contributed by atoms with Gasteiger partial charge in [0.05, 0.1) is 11.2 Å². The minimum Gasteiger partial charge on any atom is -0.456 e. The van der Waals surface area contributed by atoms with Crippen LogP contribution in [0.2, 0.25) is 0 Å². The van der Waals surface area contributed by atoms with Crippen molar-refractivity contribution in [3.63, 3.8) is 0 Å². The van der Waals surface area contributed by atoms with Crippen LogP contribution in [0.5, 0.6) is 0 Å². The summed E-state index contributed by atoms with van der Waals surface area (Å²) >= 11 is 0. The molecule has 0 amide bonds. The predicted octanol–water partition coefficient (Wildman–Crippen LogP) is 3.93. The molecule has 1 heterocycles. The van der Waals surface area contributed by atoms with Crippen LogP contribution < -0.4 is 0 Å². The van der Waals surface area contributed by atoms with Crippen molar-refractivity contribution in [2.75, 3.05) is 0 Å². The van der Waals surface area contributed by atoms with Gasteiger partial charge in [-0.2, -0.15) is 0 Å². The Balaban J connectivity index is 2.32. The fourth-order valence-corrected chi connectivity index (χ4v) is 3.57. The Morgan fingerprint density at radius 2 is 2.17 bits per heavy atom. The first kappa shape index (κ1) is 19.2. The first-order chi connectivity index (χ1) is 11.1. The van der Waals surface area contributed by atoms with Gasteiger partial charge in [-0.15, -0.1) is 0 Å². The van der Waals surface area contributed by atoms with Gasteiger partial charge in [0.1, 0.15) is 12.2 Å². The molecule has 0 saturated carbocycles. The minimum atomic E-state index is -0.943. The fraction of sp³-hybridized carbons (Fsp3) is 0.750. The number of allylic oxidation sites excluding steroid dienone is 3. The Bertz CT molecular complexity index is 540. The quantitative estimate of drug-likeness (QED) is 0.367. The van der Waals surface area contributed by atoms with Crippen LogP contribution in [-0.2, 0) is 14.3 Å². The first-order valence-electron chi connectivity index (χ1n) is 8.98. The number of rotatable bonds is 3. The molecule has 2 rings (SSSR count). The number of ether oxygens (including phenoxy) is 2. The molecule has 136 valence electrons. The molecule has 1 N–H and O–H groups in total. The Morgan fingerprint density at radius 1 is 1.50 bits per heavy atom. The molecule has 1 fully saturated rings. The molecule has 1 aliphatic carbocycles. The zero-order chi connectivity index (χ0) is 18.1. The number of hydrogen-bond acceptors (Lipinski definition) is 4. The van der Waals surface area contributed by atoms with Gasteiger partial charge in [0, 0.05) is 11.5 Å². The van der Waals surface area contributed by atoms with E-state index in [1.807, 2.05) is 6.92 Å². The van der Waals surface area contributed by atoms with E-state index in [0.717, 1.165) is 25.7 Å². The lowest BCUT2D eigenvalue weighted by Crippen LogP contribution is -2.46. The third-order valence-corrected chi connectivity index (χ3v) is 5.52. The third-order valence-electron chi connectivity index (χ3n) is 5.52. The Morgan fingerprint density at radius 3 is 2.75 bits per heavy atom. The summed E-state index contributed by atoms with van der Waals surface area (Å²) in [6.07, 6.45) is 7.00. The maximum Gasteiger partial charge on any atom is 0.333 e. The van der Waals surface area contributed by atoms with Crippen molar-refractivity contribution in [3.8, 4) is 0 Å². The molecule has 0 aromatic carbocycles. The molecule has 0 radical (unpaired) electrons. The van der Waals surface area contributed by atoms with Crippen LogP contribution in [0.3, 0.4) is 0 Å². The highest BCUT2D eigenvalue weighted by atomic mass is 16.6. The normalized spacial score (nSPS) is 37.0.